The second kappa shape index (κ2) is 10.4. The third-order valence-electron chi connectivity index (χ3n) is 3.41. The highest BCUT2D eigenvalue weighted by atomic mass is 32.2. The maximum absolute atomic E-state index is 11.6. The van der Waals surface area contributed by atoms with Crippen LogP contribution in [0, 0.1) is 0 Å². The number of rotatable bonds is 7. The molecule has 0 aromatic rings. The van der Waals surface area contributed by atoms with E-state index in [9.17, 15) is 19.2 Å². The molecule has 0 unspecified atom stereocenters. The highest BCUT2D eigenvalue weighted by Gasteiger charge is 2.50. The Balaban J connectivity index is 3.22. The first-order valence-electron chi connectivity index (χ1n) is 8.17. The van der Waals surface area contributed by atoms with Gasteiger partial charge in [-0.2, -0.15) is 0 Å². The van der Waals surface area contributed by atoms with Gasteiger partial charge in [0.1, 0.15) is 18.1 Å². The van der Waals surface area contributed by atoms with E-state index in [2.05, 4.69) is 5.32 Å². The number of thioether (sulfide) groups is 1. The molecule has 0 aromatic heterocycles. The van der Waals surface area contributed by atoms with E-state index in [-0.39, 0.29) is 6.61 Å². The highest BCUT2D eigenvalue weighted by Crippen LogP contribution is 2.32. The van der Waals surface area contributed by atoms with Crippen molar-refractivity contribution in [1.82, 2.24) is 5.32 Å². The molecule has 26 heavy (non-hydrogen) atoms. The van der Waals surface area contributed by atoms with Crippen LogP contribution in [0.4, 0.5) is 0 Å². The number of hydrogen-bond acceptors (Lipinski definition) is 9. The Kier molecular flexibility index (Phi) is 8.86. The summed E-state index contributed by atoms with van der Waals surface area (Å²) in [5.74, 6) is -1.44. The molecule has 1 aliphatic heterocycles. The number of carbonyl (C=O) groups excluding carboxylic acids is 4. The lowest BCUT2D eigenvalue weighted by atomic mass is 9.96. The van der Waals surface area contributed by atoms with E-state index in [1.54, 1.807) is 0 Å². The average molecular weight is 391 g/mol. The first-order chi connectivity index (χ1) is 12.1. The predicted octanol–water partition coefficient (Wildman–Crippen LogP) is 0.396. The van der Waals surface area contributed by atoms with Gasteiger partial charge in [-0.05, 0) is 5.75 Å². The summed E-state index contributed by atoms with van der Waals surface area (Å²) in [6.45, 7) is 6.73. The van der Waals surface area contributed by atoms with E-state index in [1.165, 1.54) is 39.5 Å². The normalized spacial score (nSPS) is 28.0. The van der Waals surface area contributed by atoms with Gasteiger partial charge in [0.15, 0.2) is 12.2 Å². The Bertz CT molecular complexity index is 540. The molecule has 1 amide bonds. The lowest BCUT2D eigenvalue weighted by molar-refractivity contribution is -0.206. The van der Waals surface area contributed by atoms with Crippen molar-refractivity contribution in [2.75, 3.05) is 12.4 Å². The average Bonchev–Trinajstić information content (AvgIpc) is 2.50. The number of esters is 3. The summed E-state index contributed by atoms with van der Waals surface area (Å²) in [4.78, 5) is 45.9. The summed E-state index contributed by atoms with van der Waals surface area (Å²) in [5, 5.41) is 2.64. The Morgan fingerprint density at radius 2 is 1.54 bits per heavy atom. The van der Waals surface area contributed by atoms with E-state index in [0.29, 0.717) is 5.75 Å². The molecule has 10 heteroatoms. The predicted molar refractivity (Wildman–Crippen MR) is 92.1 cm³/mol. The molecule has 148 valence electrons. The van der Waals surface area contributed by atoms with Crippen LogP contribution in [0.15, 0.2) is 0 Å². The van der Waals surface area contributed by atoms with E-state index < -0.39 is 53.6 Å². The standard InChI is InChI=1S/C16H25NO8S/c1-6-26-16-15(24-11(5)21)14(23-10(4)20)13(17-8(2)18)12(25-16)7-22-9(3)19/h12-16H,6-7H2,1-5H3,(H,17,18)/t12-,13+,14+,15+,16-/m1/s1. The third-order valence-corrected chi connectivity index (χ3v) is 4.45. The SMILES string of the molecule is CCS[C@H]1O[C@H](COC(C)=O)[C@H](NC(C)=O)[C@H](OC(C)=O)[C@@H]1OC(C)=O. The molecule has 5 atom stereocenters. The summed E-state index contributed by atoms with van der Waals surface area (Å²) >= 11 is 1.35. The first-order valence-corrected chi connectivity index (χ1v) is 9.22. The van der Waals surface area contributed by atoms with Crippen molar-refractivity contribution in [2.45, 2.75) is 64.4 Å². The zero-order valence-corrected chi connectivity index (χ0v) is 16.3. The summed E-state index contributed by atoms with van der Waals surface area (Å²) in [6.07, 6.45) is -2.69. The monoisotopic (exact) mass is 391 g/mol. The molecule has 0 aromatic carbocycles. The fourth-order valence-corrected chi connectivity index (χ4v) is 3.55. The lowest BCUT2D eigenvalue weighted by Gasteiger charge is -2.45. The largest absolute Gasteiger partial charge is 0.463 e. The second-order valence-corrected chi connectivity index (χ2v) is 7.05. The van der Waals surface area contributed by atoms with Crippen LogP contribution in [0.1, 0.15) is 34.6 Å². The topological polar surface area (TPSA) is 117 Å². The molecule has 1 fully saturated rings. The van der Waals surface area contributed by atoms with Crippen LogP contribution >= 0.6 is 11.8 Å². The number of amides is 1. The molecule has 0 bridgehead atoms. The van der Waals surface area contributed by atoms with E-state index in [4.69, 9.17) is 18.9 Å². The van der Waals surface area contributed by atoms with Crippen molar-refractivity contribution < 1.29 is 38.1 Å². The van der Waals surface area contributed by atoms with Crippen molar-refractivity contribution in [1.29, 1.82) is 0 Å². The second-order valence-electron chi connectivity index (χ2n) is 5.68. The fourth-order valence-electron chi connectivity index (χ4n) is 2.60. The van der Waals surface area contributed by atoms with Gasteiger partial charge in [-0.1, -0.05) is 6.92 Å². The van der Waals surface area contributed by atoms with Crippen LogP contribution < -0.4 is 5.32 Å². The molecule has 1 N–H and O–H groups in total. The zero-order valence-electron chi connectivity index (χ0n) is 15.5. The zero-order chi connectivity index (χ0) is 19.9. The molecule has 1 rings (SSSR count). The summed E-state index contributed by atoms with van der Waals surface area (Å²) in [6, 6.07) is -0.853. The van der Waals surface area contributed by atoms with Crippen LogP contribution in [0.5, 0.6) is 0 Å². The quantitative estimate of drug-likeness (QED) is 0.486. The van der Waals surface area contributed by atoms with Crippen molar-refractivity contribution >= 4 is 35.6 Å². The Hall–Kier alpha value is -1.81. The minimum atomic E-state index is -0.987. The van der Waals surface area contributed by atoms with Gasteiger partial charge < -0.3 is 24.3 Å². The van der Waals surface area contributed by atoms with Crippen molar-refractivity contribution in [3.8, 4) is 0 Å². The van der Waals surface area contributed by atoms with Gasteiger partial charge in [0.05, 0.1) is 6.04 Å². The number of ether oxygens (including phenoxy) is 4. The van der Waals surface area contributed by atoms with Crippen LogP contribution in [0.25, 0.3) is 0 Å². The highest BCUT2D eigenvalue weighted by molar-refractivity contribution is 7.99. The fraction of sp³-hybridized carbons (Fsp3) is 0.750. The maximum Gasteiger partial charge on any atom is 0.303 e. The Labute approximate surface area is 156 Å². The molecule has 9 nitrogen and oxygen atoms in total. The number of hydrogen-bond donors (Lipinski definition) is 1. The third kappa shape index (κ3) is 6.83. The molecular formula is C16H25NO8S. The smallest absolute Gasteiger partial charge is 0.303 e. The Morgan fingerprint density at radius 3 is 2.00 bits per heavy atom. The molecule has 0 spiro atoms. The van der Waals surface area contributed by atoms with Crippen LogP contribution in [0.2, 0.25) is 0 Å². The number of carbonyl (C=O) groups is 4. The molecule has 0 aliphatic carbocycles. The van der Waals surface area contributed by atoms with Crippen LogP contribution in [-0.2, 0) is 38.1 Å². The molecule has 1 heterocycles. The minimum absolute atomic E-state index is 0.147. The molecule has 1 saturated heterocycles. The summed E-state index contributed by atoms with van der Waals surface area (Å²) in [7, 11) is 0. The maximum atomic E-state index is 11.6. The minimum Gasteiger partial charge on any atom is -0.463 e. The van der Waals surface area contributed by atoms with Gasteiger partial charge in [-0.25, -0.2) is 0 Å². The molecule has 1 aliphatic rings. The molecular weight excluding hydrogens is 366 g/mol. The van der Waals surface area contributed by atoms with Gasteiger partial charge in [-0.3, -0.25) is 19.2 Å². The van der Waals surface area contributed by atoms with Gasteiger partial charge in [0, 0.05) is 27.7 Å². The lowest BCUT2D eigenvalue weighted by Crippen LogP contribution is -2.65. The van der Waals surface area contributed by atoms with Crippen LogP contribution in [-0.4, -0.2) is 66.0 Å². The van der Waals surface area contributed by atoms with Crippen molar-refractivity contribution in [2.24, 2.45) is 0 Å². The molecule has 0 radical (unpaired) electrons. The van der Waals surface area contributed by atoms with Gasteiger partial charge in [-0.15, -0.1) is 11.8 Å². The van der Waals surface area contributed by atoms with Crippen LogP contribution in [0.3, 0.4) is 0 Å². The molecule has 0 saturated carbocycles. The summed E-state index contributed by atoms with van der Waals surface area (Å²) < 4.78 is 21.6. The van der Waals surface area contributed by atoms with E-state index in [1.807, 2.05) is 6.92 Å². The van der Waals surface area contributed by atoms with Gasteiger partial charge in [0.25, 0.3) is 0 Å². The van der Waals surface area contributed by atoms with Crippen molar-refractivity contribution in [3.63, 3.8) is 0 Å². The van der Waals surface area contributed by atoms with E-state index >= 15 is 0 Å². The van der Waals surface area contributed by atoms with E-state index in [0.717, 1.165) is 0 Å². The Morgan fingerprint density at radius 1 is 0.962 bits per heavy atom. The first kappa shape index (κ1) is 22.2. The van der Waals surface area contributed by atoms with Crippen molar-refractivity contribution in [3.05, 3.63) is 0 Å². The summed E-state index contributed by atoms with van der Waals surface area (Å²) in [5.41, 5.74) is -0.654. The van der Waals surface area contributed by atoms with Gasteiger partial charge in [0.2, 0.25) is 5.91 Å². The number of nitrogens with one attached hydrogen (secondary N) is 1. The van der Waals surface area contributed by atoms with Gasteiger partial charge >= 0.3 is 17.9 Å².